The Morgan fingerprint density at radius 3 is 2.45 bits per heavy atom. The van der Waals surface area contributed by atoms with Gasteiger partial charge in [0.2, 0.25) is 5.43 Å². The minimum absolute atomic E-state index is 0.0000954. The molecule has 0 radical (unpaired) electrons. The van der Waals surface area contributed by atoms with Crippen LogP contribution < -0.4 is 10.2 Å². The summed E-state index contributed by atoms with van der Waals surface area (Å²) in [6.45, 7) is 1.41. The lowest BCUT2D eigenvalue weighted by atomic mass is 9.98. The molecule has 3 rings (SSSR count). The lowest BCUT2D eigenvalue weighted by Gasteiger charge is -2.14. The van der Waals surface area contributed by atoms with Crippen LogP contribution in [0.4, 0.5) is 0 Å². The Kier molecular flexibility index (Phi) is 3.21. The molecule has 0 atom stereocenters. The van der Waals surface area contributed by atoms with E-state index in [9.17, 15) is 19.2 Å². The van der Waals surface area contributed by atoms with Crippen molar-refractivity contribution in [2.24, 2.45) is 0 Å². The molecule has 6 heteroatoms. The summed E-state index contributed by atoms with van der Waals surface area (Å²) in [6.07, 6.45) is -0.542. The van der Waals surface area contributed by atoms with E-state index in [0.29, 0.717) is 5.56 Å². The minimum Gasteiger partial charge on any atom is -0.429 e. The van der Waals surface area contributed by atoms with Gasteiger partial charge in [0.1, 0.15) is 23.3 Å². The molecule has 1 aromatic carbocycles. The Hall–Kier alpha value is -3.02. The fourth-order valence-corrected chi connectivity index (χ4v) is 2.29. The van der Waals surface area contributed by atoms with Gasteiger partial charge < -0.3 is 9.15 Å². The van der Waals surface area contributed by atoms with Crippen molar-refractivity contribution in [2.75, 3.05) is 0 Å². The van der Waals surface area contributed by atoms with E-state index < -0.39 is 35.3 Å². The van der Waals surface area contributed by atoms with Gasteiger partial charge in [-0.05, 0) is 6.92 Å². The van der Waals surface area contributed by atoms with Crippen molar-refractivity contribution in [1.29, 1.82) is 0 Å². The Balaban J connectivity index is 2.21. The molecule has 6 nitrogen and oxygen atoms in total. The highest BCUT2D eigenvalue weighted by Gasteiger charge is 2.33. The molecule has 0 saturated heterocycles. The number of carbonyl (C=O) groups is 3. The molecule has 0 saturated carbocycles. The molecule has 1 aromatic heterocycles. The SMILES string of the molecule is Cc1oc2c(c(=O)c1C(=O)c1ccccc1)C(=O)CC(=O)O2. The van der Waals surface area contributed by atoms with Crippen molar-refractivity contribution < 1.29 is 23.5 Å². The number of rotatable bonds is 2. The minimum atomic E-state index is -0.790. The molecule has 1 aliphatic rings. The Morgan fingerprint density at radius 2 is 1.77 bits per heavy atom. The molecule has 0 amide bonds. The van der Waals surface area contributed by atoms with E-state index in [1.807, 2.05) is 0 Å². The summed E-state index contributed by atoms with van der Waals surface area (Å²) in [5.74, 6) is -2.47. The van der Waals surface area contributed by atoms with Crippen molar-refractivity contribution in [3.63, 3.8) is 0 Å². The average Bonchev–Trinajstić information content (AvgIpc) is 2.46. The lowest BCUT2D eigenvalue weighted by Crippen LogP contribution is -2.31. The second-order valence-electron chi connectivity index (χ2n) is 4.79. The third-order valence-corrected chi connectivity index (χ3v) is 3.31. The number of esters is 1. The molecule has 0 N–H and O–H groups in total. The van der Waals surface area contributed by atoms with Crippen LogP contribution in [0.1, 0.15) is 38.5 Å². The zero-order chi connectivity index (χ0) is 15.9. The van der Waals surface area contributed by atoms with Gasteiger partial charge >= 0.3 is 11.9 Å². The highest BCUT2D eigenvalue weighted by molar-refractivity contribution is 6.13. The van der Waals surface area contributed by atoms with E-state index in [2.05, 4.69) is 0 Å². The van der Waals surface area contributed by atoms with Crippen LogP contribution in [0.3, 0.4) is 0 Å². The van der Waals surface area contributed by atoms with Crippen molar-refractivity contribution in [1.82, 2.24) is 0 Å². The van der Waals surface area contributed by atoms with Gasteiger partial charge in [0.15, 0.2) is 11.6 Å². The summed E-state index contributed by atoms with van der Waals surface area (Å²) >= 11 is 0. The van der Waals surface area contributed by atoms with Crippen molar-refractivity contribution >= 4 is 17.5 Å². The van der Waals surface area contributed by atoms with Crippen LogP contribution in [-0.4, -0.2) is 17.5 Å². The van der Waals surface area contributed by atoms with Crippen LogP contribution in [0.2, 0.25) is 0 Å². The number of Topliss-reactive ketones (excluding diaryl/α,β-unsaturated/α-hetero) is 1. The number of carbonyl (C=O) groups excluding carboxylic acids is 3. The predicted molar refractivity (Wildman–Crippen MR) is 74.2 cm³/mol. The van der Waals surface area contributed by atoms with E-state index in [4.69, 9.17) is 9.15 Å². The maximum atomic E-state index is 12.5. The first-order valence-corrected chi connectivity index (χ1v) is 6.50. The van der Waals surface area contributed by atoms with Gasteiger partial charge in [0, 0.05) is 5.56 Å². The monoisotopic (exact) mass is 298 g/mol. The predicted octanol–water partition coefficient (Wildman–Crippen LogP) is 1.67. The topological polar surface area (TPSA) is 90.6 Å². The summed E-state index contributed by atoms with van der Waals surface area (Å²) in [5, 5.41) is 0. The van der Waals surface area contributed by atoms with Crippen LogP contribution in [-0.2, 0) is 4.79 Å². The lowest BCUT2D eigenvalue weighted by molar-refractivity contribution is -0.135. The van der Waals surface area contributed by atoms with Gasteiger partial charge in [-0.25, -0.2) is 0 Å². The Morgan fingerprint density at radius 1 is 1.09 bits per heavy atom. The molecule has 1 aliphatic heterocycles. The standard InChI is InChI=1S/C16H10O6/c1-8-12(14(19)9-5-3-2-4-6-9)15(20)13-10(17)7-11(18)22-16(13)21-8/h2-6H,7H2,1H3. The van der Waals surface area contributed by atoms with Crippen molar-refractivity contribution in [2.45, 2.75) is 13.3 Å². The largest absolute Gasteiger partial charge is 0.429 e. The number of benzene rings is 1. The molecule has 2 heterocycles. The van der Waals surface area contributed by atoms with Crippen LogP contribution in [0, 0.1) is 6.92 Å². The van der Waals surface area contributed by atoms with Crippen LogP contribution >= 0.6 is 0 Å². The van der Waals surface area contributed by atoms with Gasteiger partial charge in [-0.1, -0.05) is 30.3 Å². The first-order valence-electron chi connectivity index (χ1n) is 6.50. The van der Waals surface area contributed by atoms with Crippen molar-refractivity contribution in [3.05, 3.63) is 63.0 Å². The molecule has 110 valence electrons. The normalized spacial score (nSPS) is 13.5. The van der Waals surface area contributed by atoms with Gasteiger partial charge in [0.25, 0.3) is 0 Å². The van der Waals surface area contributed by atoms with Gasteiger partial charge in [-0.3, -0.25) is 19.2 Å². The molecule has 0 spiro atoms. The zero-order valence-electron chi connectivity index (χ0n) is 11.5. The van der Waals surface area contributed by atoms with Crippen LogP contribution in [0.5, 0.6) is 5.95 Å². The van der Waals surface area contributed by atoms with Crippen LogP contribution in [0.15, 0.2) is 39.5 Å². The molecule has 0 aliphatic carbocycles. The van der Waals surface area contributed by atoms with E-state index in [1.165, 1.54) is 6.92 Å². The maximum absolute atomic E-state index is 12.5. The summed E-state index contributed by atoms with van der Waals surface area (Å²) in [6, 6.07) is 8.18. The molecule has 22 heavy (non-hydrogen) atoms. The number of hydrogen-bond acceptors (Lipinski definition) is 6. The smallest absolute Gasteiger partial charge is 0.321 e. The fourth-order valence-electron chi connectivity index (χ4n) is 2.29. The number of ketones is 2. The zero-order valence-corrected chi connectivity index (χ0v) is 11.5. The molecular formula is C16H10O6. The van der Waals surface area contributed by atoms with Gasteiger partial charge in [-0.2, -0.15) is 0 Å². The maximum Gasteiger partial charge on any atom is 0.321 e. The molecule has 0 unspecified atom stereocenters. The quantitative estimate of drug-likeness (QED) is 0.476. The Bertz CT molecular complexity index is 860. The highest BCUT2D eigenvalue weighted by atomic mass is 16.6. The second-order valence-corrected chi connectivity index (χ2v) is 4.79. The van der Waals surface area contributed by atoms with E-state index in [0.717, 1.165) is 0 Å². The van der Waals surface area contributed by atoms with Crippen molar-refractivity contribution in [3.8, 4) is 5.95 Å². The number of ether oxygens (including phenoxy) is 1. The summed E-state index contributed by atoms with van der Waals surface area (Å²) < 4.78 is 9.98. The average molecular weight is 298 g/mol. The third kappa shape index (κ3) is 2.14. The van der Waals surface area contributed by atoms with E-state index >= 15 is 0 Å². The summed E-state index contributed by atoms with van der Waals surface area (Å²) in [5.41, 5.74) is -1.08. The van der Waals surface area contributed by atoms with Gasteiger partial charge in [-0.15, -0.1) is 0 Å². The molecular weight excluding hydrogens is 288 g/mol. The summed E-state index contributed by atoms with van der Waals surface area (Å²) in [4.78, 5) is 48.0. The molecule has 0 fully saturated rings. The number of fused-ring (bicyclic) bond motifs is 1. The molecule has 2 aromatic rings. The van der Waals surface area contributed by atoms with E-state index in [1.54, 1.807) is 30.3 Å². The first kappa shape index (κ1) is 13.9. The number of hydrogen-bond donors (Lipinski definition) is 0. The van der Waals surface area contributed by atoms with Gasteiger partial charge in [0.05, 0.1) is 0 Å². The highest BCUT2D eigenvalue weighted by Crippen LogP contribution is 2.26. The van der Waals surface area contributed by atoms with Crippen LogP contribution in [0.25, 0.3) is 0 Å². The third-order valence-electron chi connectivity index (χ3n) is 3.31. The summed E-state index contributed by atoms with van der Waals surface area (Å²) in [7, 11) is 0. The Labute approximate surface area is 124 Å². The fraction of sp³-hybridized carbons (Fsp3) is 0.125. The molecule has 0 bridgehead atoms. The second kappa shape index (κ2) is 5.07. The number of aryl methyl sites for hydroxylation is 1. The van der Waals surface area contributed by atoms with E-state index in [-0.39, 0.29) is 16.9 Å². The first-order chi connectivity index (χ1) is 10.5.